The average molecular weight is 229 g/mol. The van der Waals surface area contributed by atoms with E-state index in [4.69, 9.17) is 10.3 Å². The fourth-order valence-electron chi connectivity index (χ4n) is 1.07. The summed E-state index contributed by atoms with van der Waals surface area (Å²) in [4.78, 5) is 10.9. The third-order valence-corrected chi connectivity index (χ3v) is 2.20. The van der Waals surface area contributed by atoms with Crippen molar-refractivity contribution in [3.63, 3.8) is 0 Å². The molecule has 81 valence electrons. The first-order valence-electron chi connectivity index (χ1n) is 3.95. The third kappa shape index (κ3) is 3.66. The van der Waals surface area contributed by atoms with Crippen LogP contribution < -0.4 is 10.5 Å². The molecule has 1 unspecified atom stereocenters. The Morgan fingerprint density at radius 3 is 2.27 bits per heavy atom. The van der Waals surface area contributed by atoms with Gasteiger partial charge in [-0.05, 0) is 5.56 Å². The Labute approximate surface area is 87.0 Å². The minimum Gasteiger partial charge on any atom is -0.273 e. The fraction of sp³-hybridized carbons (Fsp3) is 0.125. The second kappa shape index (κ2) is 4.39. The predicted octanol–water partition coefficient (Wildman–Crippen LogP) is -0.0704. The highest BCUT2D eigenvalue weighted by Gasteiger charge is 2.22. The summed E-state index contributed by atoms with van der Waals surface area (Å²) in [5.74, 6) is -1.14. The van der Waals surface area contributed by atoms with E-state index in [0.717, 1.165) is 0 Å². The van der Waals surface area contributed by atoms with Crippen LogP contribution >= 0.6 is 0 Å². The molecule has 1 aromatic carbocycles. The van der Waals surface area contributed by atoms with E-state index < -0.39 is 22.3 Å². The summed E-state index contributed by atoms with van der Waals surface area (Å²) in [6.07, 6.45) is 0. The van der Waals surface area contributed by atoms with Crippen molar-refractivity contribution in [3.8, 4) is 0 Å². The Balaban J connectivity index is 3.00. The first kappa shape index (κ1) is 11.6. The molecule has 0 saturated carbocycles. The summed E-state index contributed by atoms with van der Waals surface area (Å²) < 4.78 is 31.2. The van der Waals surface area contributed by atoms with E-state index in [1.54, 1.807) is 22.9 Å². The molecule has 6 nitrogen and oxygen atoms in total. The maximum Gasteiger partial charge on any atom is 0.334 e. The van der Waals surface area contributed by atoms with Crippen LogP contribution in [0.5, 0.6) is 0 Å². The van der Waals surface area contributed by atoms with E-state index in [0.29, 0.717) is 5.56 Å². The first-order chi connectivity index (χ1) is 6.90. The zero-order valence-corrected chi connectivity index (χ0v) is 8.36. The normalized spacial score (nSPS) is 13.4. The van der Waals surface area contributed by atoms with Crippen molar-refractivity contribution in [1.82, 2.24) is 10.5 Å². The van der Waals surface area contributed by atoms with Gasteiger partial charge in [-0.3, -0.25) is 15.1 Å². The van der Waals surface area contributed by atoms with Crippen molar-refractivity contribution in [2.45, 2.75) is 6.04 Å². The number of benzene rings is 1. The molecule has 0 saturated heterocycles. The molecule has 1 radical (unpaired) electrons. The van der Waals surface area contributed by atoms with Crippen molar-refractivity contribution in [2.75, 3.05) is 0 Å². The Morgan fingerprint density at radius 2 is 1.87 bits per heavy atom. The van der Waals surface area contributed by atoms with Crippen LogP contribution in [0.25, 0.3) is 0 Å². The zero-order valence-electron chi connectivity index (χ0n) is 7.54. The molecular formula is C8H9N2O4S. The van der Waals surface area contributed by atoms with E-state index >= 15 is 0 Å². The monoisotopic (exact) mass is 229 g/mol. The zero-order chi connectivity index (χ0) is 11.5. The fourth-order valence-corrected chi connectivity index (χ4v) is 1.61. The lowest BCUT2D eigenvalue weighted by molar-refractivity contribution is -0.120. The highest BCUT2D eigenvalue weighted by atomic mass is 32.2. The van der Waals surface area contributed by atoms with E-state index in [-0.39, 0.29) is 0 Å². The maximum atomic E-state index is 10.9. The van der Waals surface area contributed by atoms with Gasteiger partial charge in [0.25, 0.3) is 5.91 Å². The average Bonchev–Trinajstić information content (AvgIpc) is 2.14. The van der Waals surface area contributed by atoms with E-state index in [9.17, 15) is 13.2 Å². The van der Waals surface area contributed by atoms with Crippen LogP contribution in [0.2, 0.25) is 0 Å². The number of hydrogen-bond donors (Lipinski definition) is 2. The van der Waals surface area contributed by atoms with Crippen molar-refractivity contribution in [2.24, 2.45) is 0 Å². The van der Waals surface area contributed by atoms with Gasteiger partial charge in [-0.25, -0.2) is 0 Å². The van der Waals surface area contributed by atoms with Crippen LogP contribution in [0.1, 0.15) is 11.6 Å². The SMILES string of the molecule is [NH]C(=O)C(NS(=O)(=O)O)c1ccccc1. The van der Waals surface area contributed by atoms with Gasteiger partial charge >= 0.3 is 10.3 Å². The van der Waals surface area contributed by atoms with Gasteiger partial charge in [0.2, 0.25) is 0 Å². The minimum atomic E-state index is -4.51. The molecule has 1 amide bonds. The summed E-state index contributed by atoms with van der Waals surface area (Å²) in [6.45, 7) is 0. The highest BCUT2D eigenvalue weighted by molar-refractivity contribution is 7.83. The lowest BCUT2D eigenvalue weighted by Crippen LogP contribution is -2.33. The predicted molar refractivity (Wildman–Crippen MR) is 52.0 cm³/mol. The van der Waals surface area contributed by atoms with Crippen LogP contribution in [-0.4, -0.2) is 18.9 Å². The number of hydrogen-bond acceptors (Lipinski definition) is 3. The molecule has 0 fully saturated rings. The summed E-state index contributed by atoms with van der Waals surface area (Å²) in [6, 6.07) is 6.46. The quantitative estimate of drug-likeness (QED) is 0.704. The second-order valence-electron chi connectivity index (χ2n) is 2.80. The van der Waals surface area contributed by atoms with E-state index in [1.807, 2.05) is 0 Å². The largest absolute Gasteiger partial charge is 0.334 e. The van der Waals surface area contributed by atoms with Crippen molar-refractivity contribution in [3.05, 3.63) is 35.9 Å². The van der Waals surface area contributed by atoms with Crippen molar-refractivity contribution in [1.29, 1.82) is 0 Å². The smallest absolute Gasteiger partial charge is 0.273 e. The lowest BCUT2D eigenvalue weighted by atomic mass is 10.1. The van der Waals surface area contributed by atoms with Gasteiger partial charge in [-0.1, -0.05) is 30.3 Å². The van der Waals surface area contributed by atoms with Crippen LogP contribution in [0.15, 0.2) is 30.3 Å². The molecule has 15 heavy (non-hydrogen) atoms. The molecule has 1 aromatic rings. The second-order valence-corrected chi connectivity index (χ2v) is 3.99. The molecule has 0 aliphatic rings. The summed E-state index contributed by atoms with van der Waals surface area (Å²) in [5, 5.41) is 0. The Hall–Kier alpha value is -1.44. The molecule has 0 aromatic heterocycles. The van der Waals surface area contributed by atoms with Gasteiger partial charge in [0.05, 0.1) is 0 Å². The molecule has 0 bridgehead atoms. The molecule has 0 aliphatic heterocycles. The minimum absolute atomic E-state index is 0.301. The van der Waals surface area contributed by atoms with Crippen molar-refractivity contribution >= 4 is 16.2 Å². The third-order valence-electron chi connectivity index (χ3n) is 1.66. The van der Waals surface area contributed by atoms with Gasteiger partial charge in [-0.2, -0.15) is 13.1 Å². The van der Waals surface area contributed by atoms with Gasteiger partial charge in [0, 0.05) is 0 Å². The molecule has 0 aliphatic carbocycles. The standard InChI is InChI=1S/C8H9N2O4S/c9-8(11)7(10-15(12,13)14)6-4-2-1-3-5-6/h1-5,7,9-10H,(H,12,13,14). The molecule has 1 atom stereocenters. The Kier molecular flexibility index (Phi) is 3.40. The maximum absolute atomic E-state index is 10.9. The molecule has 3 N–H and O–H groups in total. The van der Waals surface area contributed by atoms with Crippen LogP contribution in [-0.2, 0) is 15.1 Å². The lowest BCUT2D eigenvalue weighted by Gasteiger charge is -2.12. The highest BCUT2D eigenvalue weighted by Crippen LogP contribution is 2.12. The van der Waals surface area contributed by atoms with Crippen LogP contribution in [0.4, 0.5) is 0 Å². The Bertz CT molecular complexity index is 443. The number of carbonyl (C=O) groups is 1. The van der Waals surface area contributed by atoms with Crippen LogP contribution in [0, 0.1) is 0 Å². The summed E-state index contributed by atoms with van der Waals surface area (Å²) in [5.41, 5.74) is 7.18. The number of carbonyl (C=O) groups excluding carboxylic acids is 1. The van der Waals surface area contributed by atoms with E-state index in [1.165, 1.54) is 12.1 Å². The summed E-state index contributed by atoms with van der Waals surface area (Å²) >= 11 is 0. The Morgan fingerprint density at radius 1 is 1.33 bits per heavy atom. The molecule has 0 heterocycles. The van der Waals surface area contributed by atoms with Gasteiger partial charge in [0.1, 0.15) is 6.04 Å². The number of nitrogens with one attached hydrogen (secondary N) is 2. The van der Waals surface area contributed by atoms with Gasteiger partial charge in [0.15, 0.2) is 0 Å². The number of rotatable bonds is 4. The molecular weight excluding hydrogens is 220 g/mol. The molecule has 0 spiro atoms. The molecule has 7 heteroatoms. The topological polar surface area (TPSA) is 107 Å². The first-order valence-corrected chi connectivity index (χ1v) is 5.39. The summed E-state index contributed by atoms with van der Waals surface area (Å²) in [7, 11) is -4.51. The molecule has 1 rings (SSSR count). The van der Waals surface area contributed by atoms with Gasteiger partial charge in [-0.15, -0.1) is 0 Å². The van der Waals surface area contributed by atoms with Crippen LogP contribution in [0.3, 0.4) is 0 Å². The van der Waals surface area contributed by atoms with Gasteiger partial charge < -0.3 is 0 Å². The van der Waals surface area contributed by atoms with E-state index in [2.05, 4.69) is 0 Å². The van der Waals surface area contributed by atoms with Crippen molar-refractivity contribution < 1.29 is 17.8 Å². The number of amides is 1.